The van der Waals surface area contributed by atoms with Crippen molar-refractivity contribution in [2.75, 3.05) is 26.2 Å². The fraction of sp³-hybridized carbons (Fsp3) is 0.571. The van der Waals surface area contributed by atoms with E-state index >= 15 is 0 Å². The van der Waals surface area contributed by atoms with Crippen molar-refractivity contribution < 1.29 is 0 Å². The molecule has 0 unspecified atom stereocenters. The number of likely N-dealkylation sites (tertiary alicyclic amines) is 1. The molecule has 0 saturated carbocycles. The molecule has 0 aromatic heterocycles. The van der Waals surface area contributed by atoms with E-state index in [9.17, 15) is 0 Å². The van der Waals surface area contributed by atoms with Crippen molar-refractivity contribution >= 4 is 15.9 Å². The van der Waals surface area contributed by atoms with Crippen LogP contribution in [0.15, 0.2) is 28.7 Å². The average molecular weight is 297 g/mol. The van der Waals surface area contributed by atoms with Gasteiger partial charge >= 0.3 is 0 Å². The van der Waals surface area contributed by atoms with Gasteiger partial charge < -0.3 is 10.2 Å². The van der Waals surface area contributed by atoms with Crippen molar-refractivity contribution in [2.24, 2.45) is 0 Å². The first-order valence-electron chi connectivity index (χ1n) is 6.53. The summed E-state index contributed by atoms with van der Waals surface area (Å²) in [6.07, 6.45) is 4.04. The van der Waals surface area contributed by atoms with Crippen LogP contribution in [0.25, 0.3) is 0 Å². The number of hydrogen-bond donors (Lipinski definition) is 1. The summed E-state index contributed by atoms with van der Waals surface area (Å²) in [5.41, 5.74) is 1.34. The molecule has 0 spiro atoms. The van der Waals surface area contributed by atoms with Crippen LogP contribution in [0.3, 0.4) is 0 Å². The quantitative estimate of drug-likeness (QED) is 0.812. The van der Waals surface area contributed by atoms with E-state index in [-0.39, 0.29) is 0 Å². The molecule has 1 aliphatic rings. The van der Waals surface area contributed by atoms with E-state index in [2.05, 4.69) is 50.4 Å². The zero-order chi connectivity index (χ0) is 11.9. The Morgan fingerprint density at radius 2 is 1.94 bits per heavy atom. The van der Waals surface area contributed by atoms with Crippen molar-refractivity contribution in [1.82, 2.24) is 10.2 Å². The van der Waals surface area contributed by atoms with Gasteiger partial charge in [-0.3, -0.25) is 0 Å². The highest BCUT2D eigenvalue weighted by Crippen LogP contribution is 2.15. The van der Waals surface area contributed by atoms with Crippen LogP contribution in [0, 0.1) is 0 Å². The van der Waals surface area contributed by atoms with Crippen LogP contribution in [0.1, 0.15) is 24.8 Å². The molecule has 1 aromatic carbocycles. The second-order valence-corrected chi connectivity index (χ2v) is 5.52. The van der Waals surface area contributed by atoms with Crippen LogP contribution in [0.4, 0.5) is 0 Å². The first kappa shape index (κ1) is 13.1. The number of nitrogens with one attached hydrogen (secondary N) is 1. The fourth-order valence-corrected chi connectivity index (χ4v) is 2.72. The SMILES string of the molecule is Brc1ccccc1CNCCCN1CCCC1. The first-order valence-corrected chi connectivity index (χ1v) is 7.32. The molecule has 2 rings (SSSR count). The molecule has 3 heteroatoms. The predicted octanol–water partition coefficient (Wildman–Crippen LogP) is 3.02. The van der Waals surface area contributed by atoms with Crippen LogP contribution in [0.5, 0.6) is 0 Å². The van der Waals surface area contributed by atoms with E-state index in [0.29, 0.717) is 0 Å². The van der Waals surface area contributed by atoms with Crippen molar-refractivity contribution in [3.63, 3.8) is 0 Å². The molecule has 1 saturated heterocycles. The number of nitrogens with zero attached hydrogens (tertiary/aromatic N) is 1. The summed E-state index contributed by atoms with van der Waals surface area (Å²) in [7, 11) is 0. The number of rotatable bonds is 6. The predicted molar refractivity (Wildman–Crippen MR) is 76.1 cm³/mol. The molecule has 0 radical (unpaired) electrons. The van der Waals surface area contributed by atoms with Crippen LogP contribution in [-0.4, -0.2) is 31.1 Å². The molecule has 1 fully saturated rings. The van der Waals surface area contributed by atoms with Gasteiger partial charge in [-0.05, 0) is 57.1 Å². The van der Waals surface area contributed by atoms with Gasteiger partial charge in [-0.15, -0.1) is 0 Å². The Bertz CT molecular complexity index is 335. The Morgan fingerprint density at radius 3 is 2.71 bits per heavy atom. The standard InChI is InChI=1S/C14H21BrN2/c15-14-7-2-1-6-13(14)12-16-8-5-11-17-9-3-4-10-17/h1-2,6-7,16H,3-5,8-12H2. The minimum absolute atomic E-state index is 0.960. The molecule has 1 N–H and O–H groups in total. The number of benzene rings is 1. The summed E-state index contributed by atoms with van der Waals surface area (Å²) < 4.78 is 1.20. The third-order valence-electron chi connectivity index (χ3n) is 3.30. The van der Waals surface area contributed by atoms with Gasteiger partial charge in [-0.2, -0.15) is 0 Å². The maximum absolute atomic E-state index is 3.57. The maximum atomic E-state index is 3.57. The zero-order valence-electron chi connectivity index (χ0n) is 10.3. The molecule has 17 heavy (non-hydrogen) atoms. The number of hydrogen-bond acceptors (Lipinski definition) is 2. The van der Waals surface area contributed by atoms with Crippen LogP contribution in [0.2, 0.25) is 0 Å². The lowest BCUT2D eigenvalue weighted by Gasteiger charge is -2.14. The topological polar surface area (TPSA) is 15.3 Å². The highest BCUT2D eigenvalue weighted by molar-refractivity contribution is 9.10. The van der Waals surface area contributed by atoms with Gasteiger partial charge in [0.1, 0.15) is 0 Å². The minimum Gasteiger partial charge on any atom is -0.313 e. The monoisotopic (exact) mass is 296 g/mol. The van der Waals surface area contributed by atoms with E-state index in [0.717, 1.165) is 13.1 Å². The Kier molecular flexibility index (Phi) is 5.49. The molecule has 0 aliphatic carbocycles. The highest BCUT2D eigenvalue weighted by Gasteiger charge is 2.09. The average Bonchev–Trinajstić information content (AvgIpc) is 2.84. The van der Waals surface area contributed by atoms with Gasteiger partial charge in [0.25, 0.3) is 0 Å². The van der Waals surface area contributed by atoms with Gasteiger partial charge in [-0.1, -0.05) is 34.1 Å². The Hall–Kier alpha value is -0.380. The lowest BCUT2D eigenvalue weighted by Crippen LogP contribution is -2.24. The Balaban J connectivity index is 1.58. The second-order valence-electron chi connectivity index (χ2n) is 4.67. The lowest BCUT2D eigenvalue weighted by molar-refractivity contribution is 0.331. The van der Waals surface area contributed by atoms with E-state index in [1.807, 2.05) is 0 Å². The second kappa shape index (κ2) is 7.14. The molecule has 0 bridgehead atoms. The molecular formula is C14H21BrN2. The normalized spacial score (nSPS) is 16.5. The van der Waals surface area contributed by atoms with Crippen molar-refractivity contribution in [2.45, 2.75) is 25.8 Å². The van der Waals surface area contributed by atoms with Gasteiger partial charge in [0, 0.05) is 11.0 Å². The summed E-state index contributed by atoms with van der Waals surface area (Å²) >= 11 is 3.57. The molecule has 0 amide bonds. The Labute approximate surface area is 113 Å². The van der Waals surface area contributed by atoms with Crippen molar-refractivity contribution in [3.05, 3.63) is 34.3 Å². The summed E-state index contributed by atoms with van der Waals surface area (Å²) in [5, 5.41) is 3.51. The van der Waals surface area contributed by atoms with E-state index in [4.69, 9.17) is 0 Å². The molecule has 0 atom stereocenters. The number of halogens is 1. The van der Waals surface area contributed by atoms with Crippen molar-refractivity contribution in [3.8, 4) is 0 Å². The van der Waals surface area contributed by atoms with Gasteiger partial charge in [-0.25, -0.2) is 0 Å². The van der Waals surface area contributed by atoms with Gasteiger partial charge in [0.2, 0.25) is 0 Å². The van der Waals surface area contributed by atoms with Crippen LogP contribution >= 0.6 is 15.9 Å². The lowest BCUT2D eigenvalue weighted by atomic mass is 10.2. The largest absolute Gasteiger partial charge is 0.313 e. The summed E-state index contributed by atoms with van der Waals surface area (Å²) in [5.74, 6) is 0. The Morgan fingerprint density at radius 1 is 1.18 bits per heavy atom. The van der Waals surface area contributed by atoms with Gasteiger partial charge in [0.15, 0.2) is 0 Å². The molecule has 94 valence electrons. The van der Waals surface area contributed by atoms with Gasteiger partial charge in [0.05, 0.1) is 0 Å². The molecule has 1 aliphatic heterocycles. The van der Waals surface area contributed by atoms with Crippen LogP contribution in [-0.2, 0) is 6.54 Å². The maximum Gasteiger partial charge on any atom is 0.0220 e. The van der Waals surface area contributed by atoms with Crippen LogP contribution < -0.4 is 5.32 Å². The smallest absolute Gasteiger partial charge is 0.0220 e. The fourth-order valence-electron chi connectivity index (χ4n) is 2.30. The molecule has 1 aromatic rings. The third kappa shape index (κ3) is 4.41. The summed E-state index contributed by atoms with van der Waals surface area (Å²) in [6, 6.07) is 8.41. The highest BCUT2D eigenvalue weighted by atomic mass is 79.9. The van der Waals surface area contributed by atoms with E-state index < -0.39 is 0 Å². The summed E-state index contributed by atoms with van der Waals surface area (Å²) in [6.45, 7) is 5.94. The van der Waals surface area contributed by atoms with E-state index in [1.54, 1.807) is 0 Å². The summed E-state index contributed by atoms with van der Waals surface area (Å²) in [4.78, 5) is 2.57. The molecular weight excluding hydrogens is 276 g/mol. The zero-order valence-corrected chi connectivity index (χ0v) is 11.9. The molecule has 2 nitrogen and oxygen atoms in total. The first-order chi connectivity index (χ1) is 8.36. The van der Waals surface area contributed by atoms with Crippen molar-refractivity contribution in [1.29, 1.82) is 0 Å². The third-order valence-corrected chi connectivity index (χ3v) is 4.07. The van der Waals surface area contributed by atoms with E-state index in [1.165, 1.54) is 48.9 Å². The minimum atomic E-state index is 0.960. The molecule has 1 heterocycles.